The zero-order chi connectivity index (χ0) is 22.1. The van der Waals surface area contributed by atoms with E-state index in [4.69, 9.17) is 4.55 Å². The zero-order valence-electron chi connectivity index (χ0n) is 16.6. The predicted molar refractivity (Wildman–Crippen MR) is 110 cm³/mol. The van der Waals surface area contributed by atoms with Crippen LogP contribution in [0.1, 0.15) is 16.8 Å². The Balaban J connectivity index is 1.50. The average Bonchev–Trinajstić information content (AvgIpc) is 3.03. The lowest BCUT2D eigenvalue weighted by molar-refractivity contribution is -0.150. The number of β-lactam (4-membered cyclic amide) rings is 1. The van der Waals surface area contributed by atoms with Crippen LogP contribution in [0.4, 0.5) is 0 Å². The van der Waals surface area contributed by atoms with E-state index in [-0.39, 0.29) is 24.1 Å². The second-order valence-electron chi connectivity index (χ2n) is 7.37. The van der Waals surface area contributed by atoms with Crippen LogP contribution in [0.2, 0.25) is 0 Å². The van der Waals surface area contributed by atoms with Crippen molar-refractivity contribution in [3.8, 4) is 0 Å². The van der Waals surface area contributed by atoms with Crippen molar-refractivity contribution >= 4 is 39.8 Å². The fourth-order valence-corrected chi connectivity index (χ4v) is 5.20. The SMILES string of the molecule is CN(C)CCNC(=O)c1ccc(SCC(=O)N2CC[C@@H]3[C@H]2C(=O)N3S(=O)(=O)O)cc1. The van der Waals surface area contributed by atoms with Gasteiger partial charge in [-0.1, -0.05) is 0 Å². The molecule has 2 atom stereocenters. The minimum atomic E-state index is -4.59. The number of benzene rings is 1. The molecule has 2 heterocycles. The third-order valence-electron chi connectivity index (χ3n) is 5.03. The van der Waals surface area contributed by atoms with Crippen molar-refractivity contribution in [1.82, 2.24) is 19.4 Å². The van der Waals surface area contributed by atoms with E-state index in [0.29, 0.717) is 22.8 Å². The number of carbonyl (C=O) groups excluding carboxylic acids is 3. The molecule has 0 saturated carbocycles. The molecular formula is C18H24N4O6S2. The van der Waals surface area contributed by atoms with Gasteiger partial charge in [0.25, 0.3) is 11.8 Å². The van der Waals surface area contributed by atoms with Crippen molar-refractivity contribution in [2.45, 2.75) is 23.4 Å². The topological polar surface area (TPSA) is 127 Å². The van der Waals surface area contributed by atoms with E-state index < -0.39 is 28.3 Å². The van der Waals surface area contributed by atoms with E-state index >= 15 is 0 Å². The summed E-state index contributed by atoms with van der Waals surface area (Å²) in [6.07, 6.45) is 0.310. The second-order valence-corrected chi connectivity index (χ2v) is 9.71. The first-order valence-corrected chi connectivity index (χ1v) is 11.7. The number of nitrogens with zero attached hydrogens (tertiary/aromatic N) is 3. The molecule has 0 aromatic heterocycles. The minimum Gasteiger partial charge on any atom is -0.351 e. The molecule has 1 aromatic rings. The third-order valence-corrected chi connectivity index (χ3v) is 6.97. The first-order valence-electron chi connectivity index (χ1n) is 9.35. The Labute approximate surface area is 179 Å². The van der Waals surface area contributed by atoms with Gasteiger partial charge in [0.15, 0.2) is 0 Å². The van der Waals surface area contributed by atoms with Crippen LogP contribution in [-0.4, -0.2) is 96.4 Å². The van der Waals surface area contributed by atoms with E-state index in [2.05, 4.69) is 5.32 Å². The largest absolute Gasteiger partial charge is 0.362 e. The Bertz CT molecular complexity index is 934. The smallest absolute Gasteiger partial charge is 0.351 e. The highest BCUT2D eigenvalue weighted by Crippen LogP contribution is 2.36. The van der Waals surface area contributed by atoms with Crippen molar-refractivity contribution in [3.05, 3.63) is 29.8 Å². The van der Waals surface area contributed by atoms with Crippen LogP contribution >= 0.6 is 11.8 Å². The number of fused-ring (bicyclic) bond motifs is 1. The van der Waals surface area contributed by atoms with Gasteiger partial charge in [0.2, 0.25) is 5.91 Å². The highest BCUT2D eigenvalue weighted by Gasteiger charge is 2.59. The summed E-state index contributed by atoms with van der Waals surface area (Å²) in [6, 6.07) is 5.35. The molecule has 0 spiro atoms. The molecule has 12 heteroatoms. The lowest BCUT2D eigenvalue weighted by Gasteiger charge is -2.42. The average molecular weight is 457 g/mol. The summed E-state index contributed by atoms with van der Waals surface area (Å²) in [7, 11) is -0.742. The molecule has 0 aliphatic carbocycles. The molecule has 3 amide bonds. The maximum absolute atomic E-state index is 12.5. The van der Waals surface area contributed by atoms with Gasteiger partial charge < -0.3 is 15.1 Å². The van der Waals surface area contributed by atoms with Gasteiger partial charge in [-0.15, -0.1) is 11.8 Å². The van der Waals surface area contributed by atoms with E-state index in [1.165, 1.54) is 16.7 Å². The van der Waals surface area contributed by atoms with Crippen molar-refractivity contribution in [2.24, 2.45) is 0 Å². The Morgan fingerprint density at radius 2 is 1.93 bits per heavy atom. The zero-order valence-corrected chi connectivity index (χ0v) is 18.3. The number of carbonyl (C=O) groups is 3. The van der Waals surface area contributed by atoms with E-state index in [1.807, 2.05) is 19.0 Å². The highest BCUT2D eigenvalue weighted by molar-refractivity contribution is 8.00. The minimum absolute atomic E-state index is 0.0801. The molecule has 2 aliphatic heterocycles. The van der Waals surface area contributed by atoms with Gasteiger partial charge in [-0.2, -0.15) is 8.42 Å². The van der Waals surface area contributed by atoms with Crippen LogP contribution in [-0.2, 0) is 19.9 Å². The fourth-order valence-electron chi connectivity index (χ4n) is 3.52. The van der Waals surface area contributed by atoms with Gasteiger partial charge in [0, 0.05) is 30.1 Å². The number of rotatable bonds is 8. The molecule has 30 heavy (non-hydrogen) atoms. The number of amides is 3. The first kappa shape index (κ1) is 22.5. The van der Waals surface area contributed by atoms with Gasteiger partial charge in [0.05, 0.1) is 11.8 Å². The number of thioether (sulfide) groups is 1. The summed E-state index contributed by atoms with van der Waals surface area (Å²) in [4.78, 5) is 40.8. The molecule has 3 rings (SSSR count). The predicted octanol–water partition coefficient (Wildman–Crippen LogP) is -0.315. The highest BCUT2D eigenvalue weighted by atomic mass is 32.2. The number of hydrogen-bond acceptors (Lipinski definition) is 7. The first-order chi connectivity index (χ1) is 14.1. The number of nitrogens with one attached hydrogen (secondary N) is 1. The van der Waals surface area contributed by atoms with Crippen molar-refractivity contribution in [2.75, 3.05) is 39.5 Å². The van der Waals surface area contributed by atoms with Crippen LogP contribution in [0.5, 0.6) is 0 Å². The maximum Gasteiger partial charge on any atom is 0.362 e. The Hall–Kier alpha value is -2.15. The molecule has 1 aromatic carbocycles. The Morgan fingerprint density at radius 1 is 1.27 bits per heavy atom. The molecule has 0 bridgehead atoms. The standard InChI is InChI=1S/C18H24N4O6S2/c1-20(2)10-8-19-17(24)12-3-5-13(6-4-12)29-11-15(23)21-9-7-14-16(21)18(25)22(14)30(26,27)28/h3-6,14,16H,7-11H2,1-2H3,(H,19,24)(H,26,27,28)/t14-,16+/m1/s1. The van der Waals surface area contributed by atoms with Crippen molar-refractivity contribution < 1.29 is 27.4 Å². The van der Waals surface area contributed by atoms with E-state index in [9.17, 15) is 22.8 Å². The Morgan fingerprint density at radius 3 is 2.53 bits per heavy atom. The van der Waals surface area contributed by atoms with Gasteiger partial charge in [-0.25, -0.2) is 4.31 Å². The molecule has 0 unspecified atom stereocenters. The molecule has 10 nitrogen and oxygen atoms in total. The maximum atomic E-state index is 12.5. The number of hydrogen-bond donors (Lipinski definition) is 2. The molecular weight excluding hydrogens is 432 g/mol. The van der Waals surface area contributed by atoms with Crippen LogP contribution in [0.25, 0.3) is 0 Å². The van der Waals surface area contributed by atoms with E-state index in [0.717, 1.165) is 11.4 Å². The van der Waals surface area contributed by atoms with Crippen LogP contribution in [0, 0.1) is 0 Å². The Kier molecular flexibility index (Phi) is 6.70. The summed E-state index contributed by atoms with van der Waals surface area (Å²) in [5.41, 5.74) is 0.525. The molecule has 2 fully saturated rings. The van der Waals surface area contributed by atoms with Gasteiger partial charge in [-0.3, -0.25) is 18.9 Å². The molecule has 2 aliphatic rings. The van der Waals surface area contributed by atoms with Gasteiger partial charge >= 0.3 is 10.3 Å². The fraction of sp³-hybridized carbons (Fsp3) is 0.500. The van der Waals surface area contributed by atoms with Gasteiger partial charge in [-0.05, 0) is 44.8 Å². The van der Waals surface area contributed by atoms with Crippen molar-refractivity contribution in [3.63, 3.8) is 0 Å². The van der Waals surface area contributed by atoms with Crippen LogP contribution in [0.3, 0.4) is 0 Å². The summed E-state index contributed by atoms with van der Waals surface area (Å²) in [6.45, 7) is 1.55. The third kappa shape index (κ3) is 4.77. The van der Waals surface area contributed by atoms with Crippen LogP contribution < -0.4 is 5.32 Å². The van der Waals surface area contributed by atoms with E-state index in [1.54, 1.807) is 24.3 Å². The molecule has 2 N–H and O–H groups in total. The lowest BCUT2D eigenvalue weighted by atomic mass is 10.0. The molecule has 0 radical (unpaired) electrons. The number of likely N-dealkylation sites (N-methyl/N-ethyl adjacent to an activating group) is 1. The summed E-state index contributed by atoms with van der Waals surface area (Å²) < 4.78 is 32.0. The summed E-state index contributed by atoms with van der Waals surface area (Å²) >= 11 is 1.27. The molecule has 164 valence electrons. The van der Waals surface area contributed by atoms with Crippen molar-refractivity contribution in [1.29, 1.82) is 0 Å². The van der Waals surface area contributed by atoms with Gasteiger partial charge in [0.1, 0.15) is 6.04 Å². The summed E-state index contributed by atoms with van der Waals surface area (Å²) in [5.74, 6) is -1.14. The summed E-state index contributed by atoms with van der Waals surface area (Å²) in [5, 5.41) is 2.83. The van der Waals surface area contributed by atoms with Crippen LogP contribution in [0.15, 0.2) is 29.2 Å². The lowest BCUT2D eigenvalue weighted by Crippen LogP contribution is -2.68. The quantitative estimate of drug-likeness (QED) is 0.310. The normalized spacial score (nSPS) is 20.9. The number of likely N-dealkylation sites (tertiary alicyclic amines) is 1. The second kappa shape index (κ2) is 8.92. The molecule has 2 saturated heterocycles. The monoisotopic (exact) mass is 456 g/mol.